The van der Waals surface area contributed by atoms with Crippen LogP contribution in [0, 0.1) is 87.3 Å². The average Bonchev–Trinajstić information content (AvgIpc) is 3.22. The molecule has 4 rings (SSSR count). The highest BCUT2D eigenvalue weighted by Crippen LogP contribution is 2.42. The molecule has 1 aliphatic rings. The summed E-state index contributed by atoms with van der Waals surface area (Å²) < 4.78 is 218. The van der Waals surface area contributed by atoms with Crippen LogP contribution in [0.2, 0.25) is 0 Å². The molecule has 3 aromatic carbocycles. The SMILES string of the molecule is C[O+]1CC=C(c2c(F)c(F)c(F)c(F)c2F)[B-]1(c1c(F)c(F)c(F)c(F)c1F)c1c(F)c(F)c(F)c(F)c1F. The predicted molar refractivity (Wildman–Crippen MR) is 104 cm³/mol. The summed E-state index contributed by atoms with van der Waals surface area (Å²) in [5, 5.41) is 0. The maximum atomic E-state index is 15.1. The first-order chi connectivity index (χ1) is 18.0. The predicted octanol–water partition coefficient (Wildman–Crippen LogP) is 5.65. The zero-order valence-electron chi connectivity index (χ0n) is 18.4. The van der Waals surface area contributed by atoms with Crippen LogP contribution in [0.5, 0.6) is 0 Å². The van der Waals surface area contributed by atoms with Crippen LogP contribution < -0.4 is 10.9 Å². The van der Waals surface area contributed by atoms with Crippen molar-refractivity contribution in [3.8, 4) is 0 Å². The van der Waals surface area contributed by atoms with Crippen LogP contribution in [-0.4, -0.2) is 20.1 Å². The fraction of sp³-hybridized carbons (Fsp3) is 0.0909. The van der Waals surface area contributed by atoms with Gasteiger partial charge in [0.15, 0.2) is 58.2 Å². The average molecular weight is 582 g/mol. The zero-order valence-corrected chi connectivity index (χ0v) is 18.4. The highest BCUT2D eigenvalue weighted by Gasteiger charge is 2.58. The molecule has 0 radical (unpaired) electrons. The quantitative estimate of drug-likeness (QED) is 0.124. The van der Waals surface area contributed by atoms with Gasteiger partial charge in [-0.15, -0.1) is 0 Å². The Hall–Kier alpha value is -3.63. The van der Waals surface area contributed by atoms with E-state index in [2.05, 4.69) is 0 Å². The molecule has 39 heavy (non-hydrogen) atoms. The van der Waals surface area contributed by atoms with E-state index in [9.17, 15) is 48.3 Å². The fourth-order valence-electron chi connectivity index (χ4n) is 4.73. The lowest BCUT2D eigenvalue weighted by molar-refractivity contribution is 0.0875. The molecule has 1 aliphatic heterocycles. The van der Waals surface area contributed by atoms with Crippen molar-refractivity contribution in [3.05, 3.63) is 98.9 Å². The highest BCUT2D eigenvalue weighted by atomic mass is 19.2. The second-order valence-corrected chi connectivity index (χ2v) is 8.22. The molecule has 3 aromatic rings. The van der Waals surface area contributed by atoms with Crippen molar-refractivity contribution in [1.82, 2.24) is 0 Å². The minimum Gasteiger partial charge on any atom is -0.659 e. The van der Waals surface area contributed by atoms with Gasteiger partial charge >= 0.3 is 6.35 Å². The molecule has 0 saturated heterocycles. The number of hydrogen-bond donors (Lipinski definition) is 0. The summed E-state index contributed by atoms with van der Waals surface area (Å²) in [6.07, 6.45) is -4.94. The Kier molecular flexibility index (Phi) is 6.72. The Morgan fingerprint density at radius 1 is 0.436 bits per heavy atom. The zero-order chi connectivity index (χ0) is 29.5. The van der Waals surface area contributed by atoms with Crippen molar-refractivity contribution in [2.24, 2.45) is 0 Å². The van der Waals surface area contributed by atoms with Gasteiger partial charge in [-0.05, 0) is 17.0 Å². The Morgan fingerprint density at radius 2 is 0.692 bits per heavy atom. The molecule has 0 atom stereocenters. The number of rotatable bonds is 3. The fourth-order valence-corrected chi connectivity index (χ4v) is 4.73. The van der Waals surface area contributed by atoms with Crippen molar-refractivity contribution >= 4 is 22.7 Å². The maximum Gasteiger partial charge on any atom is 0.389 e. The van der Waals surface area contributed by atoms with Crippen molar-refractivity contribution in [3.63, 3.8) is 0 Å². The van der Waals surface area contributed by atoms with E-state index < -0.39 is 122 Å². The molecule has 0 aliphatic carbocycles. The molecular formula is C22H6BF15O. The largest absolute Gasteiger partial charge is 0.659 e. The van der Waals surface area contributed by atoms with Crippen molar-refractivity contribution < 1.29 is 70.1 Å². The summed E-state index contributed by atoms with van der Waals surface area (Å²) >= 11 is 0. The summed E-state index contributed by atoms with van der Waals surface area (Å²) in [6.45, 7) is -1.15. The molecule has 0 saturated carbocycles. The van der Waals surface area contributed by atoms with Crippen molar-refractivity contribution in [1.29, 1.82) is 0 Å². The third-order valence-corrected chi connectivity index (χ3v) is 6.41. The lowest BCUT2D eigenvalue weighted by Gasteiger charge is -2.43. The Balaban J connectivity index is 2.36. The first-order valence-corrected chi connectivity index (χ1v) is 10.1. The van der Waals surface area contributed by atoms with E-state index in [0.29, 0.717) is 7.11 Å². The number of halogens is 15. The normalized spacial score (nSPS) is 15.3. The second kappa shape index (κ2) is 9.24. The monoisotopic (exact) mass is 582 g/mol. The van der Waals surface area contributed by atoms with E-state index in [4.69, 9.17) is 0 Å². The molecule has 0 fully saturated rings. The minimum atomic E-state index is -5.21. The van der Waals surface area contributed by atoms with E-state index >= 15 is 17.6 Å². The van der Waals surface area contributed by atoms with Gasteiger partial charge in [-0.3, -0.25) is 0 Å². The van der Waals surface area contributed by atoms with Crippen LogP contribution in [0.15, 0.2) is 6.08 Å². The molecule has 0 spiro atoms. The van der Waals surface area contributed by atoms with Gasteiger partial charge < -0.3 is 4.28 Å². The van der Waals surface area contributed by atoms with Gasteiger partial charge in [0.2, 0.25) is 5.82 Å². The van der Waals surface area contributed by atoms with Crippen molar-refractivity contribution in [2.75, 3.05) is 13.7 Å². The molecule has 0 N–H and O–H groups in total. The van der Waals surface area contributed by atoms with Crippen LogP contribution >= 0.6 is 0 Å². The van der Waals surface area contributed by atoms with Gasteiger partial charge in [-0.25, -0.2) is 65.9 Å². The van der Waals surface area contributed by atoms with E-state index in [1.54, 1.807) is 0 Å². The lowest BCUT2D eigenvalue weighted by atomic mass is 9.26. The van der Waals surface area contributed by atoms with Gasteiger partial charge in [0.25, 0.3) is 0 Å². The molecule has 0 bridgehead atoms. The molecule has 0 aromatic heterocycles. The van der Waals surface area contributed by atoms with Crippen LogP contribution in [0.1, 0.15) is 5.56 Å². The van der Waals surface area contributed by atoms with Crippen molar-refractivity contribution in [2.45, 2.75) is 0 Å². The van der Waals surface area contributed by atoms with E-state index in [-0.39, 0.29) is 6.08 Å². The molecule has 17 heteroatoms. The summed E-state index contributed by atoms with van der Waals surface area (Å²) in [4.78, 5) is 0. The summed E-state index contributed by atoms with van der Waals surface area (Å²) in [7, 11) is 0.450. The van der Waals surface area contributed by atoms with Gasteiger partial charge in [0, 0.05) is 5.56 Å². The van der Waals surface area contributed by atoms with Crippen LogP contribution in [-0.2, 0) is 4.28 Å². The number of hydrogen-bond acceptors (Lipinski definition) is 0. The van der Waals surface area contributed by atoms with Gasteiger partial charge in [0.1, 0.15) is 29.9 Å². The van der Waals surface area contributed by atoms with Crippen LogP contribution in [0.3, 0.4) is 0 Å². The Bertz CT molecular complexity index is 1460. The van der Waals surface area contributed by atoms with Gasteiger partial charge in [-0.1, -0.05) is 5.47 Å². The Morgan fingerprint density at radius 3 is 1.00 bits per heavy atom. The third kappa shape index (κ3) is 3.51. The molecule has 208 valence electrons. The molecule has 1 nitrogen and oxygen atoms in total. The summed E-state index contributed by atoms with van der Waals surface area (Å²) in [5.74, 6) is -42.9. The molecule has 0 unspecified atom stereocenters. The van der Waals surface area contributed by atoms with Gasteiger partial charge in [-0.2, -0.15) is 0 Å². The molecule has 0 amide bonds. The Labute approximate surface area is 206 Å². The standard InChI is InChI=1S/C22H6BF15O/c1-39-3-2-4(5-8(24)14(30)20(36)15(31)9(5)25)23(39,6-10(26)16(32)21(37)17(33)11(6)27)7-12(28)18(34)22(38)19(35)13(7)29/h2H,3H2,1H3. The smallest absolute Gasteiger partial charge is 0.389 e. The van der Waals surface area contributed by atoms with E-state index in [0.717, 1.165) is 0 Å². The van der Waals surface area contributed by atoms with E-state index in [1.165, 1.54) is 4.28 Å². The minimum absolute atomic E-state index is 0.263. The topological polar surface area (TPSA) is 2.70 Å². The molecular weight excluding hydrogens is 576 g/mol. The first kappa shape index (κ1) is 28.4. The van der Waals surface area contributed by atoms with Gasteiger partial charge in [0.05, 0.1) is 7.11 Å². The molecule has 1 heterocycles. The number of benzene rings is 3. The maximum absolute atomic E-state index is 15.1. The third-order valence-electron chi connectivity index (χ3n) is 6.41. The summed E-state index contributed by atoms with van der Waals surface area (Å²) in [5.41, 5.74) is -8.83. The first-order valence-electron chi connectivity index (χ1n) is 10.1. The lowest BCUT2D eigenvalue weighted by Crippen LogP contribution is -2.69. The second-order valence-electron chi connectivity index (χ2n) is 8.22. The summed E-state index contributed by atoms with van der Waals surface area (Å²) in [6, 6.07) is 0. The van der Waals surface area contributed by atoms with E-state index in [1.807, 2.05) is 0 Å². The van der Waals surface area contributed by atoms with Crippen LogP contribution in [0.4, 0.5) is 65.9 Å². The highest BCUT2D eigenvalue weighted by molar-refractivity contribution is 7.12. The van der Waals surface area contributed by atoms with Crippen LogP contribution in [0.25, 0.3) is 5.47 Å².